The number of piperidine rings is 1. The molecule has 3 saturated carbocycles. The zero-order valence-electron chi connectivity index (χ0n) is 28.2. The lowest BCUT2D eigenvalue weighted by atomic mass is 9.52. The summed E-state index contributed by atoms with van der Waals surface area (Å²) < 4.78 is 7.14. The molecule has 2 aliphatic heterocycles. The maximum atomic E-state index is 13.1. The molecule has 4 aliphatic carbocycles. The average molecular weight is 603 g/mol. The van der Waals surface area contributed by atoms with Crippen LogP contribution in [0.2, 0.25) is 0 Å². The van der Waals surface area contributed by atoms with Gasteiger partial charge in [0.25, 0.3) is 0 Å². The molecule has 9 atom stereocenters. The quantitative estimate of drug-likeness (QED) is 0.354. The van der Waals surface area contributed by atoms with Crippen LogP contribution >= 0.6 is 0 Å². The maximum absolute atomic E-state index is 13.1. The monoisotopic (exact) mass is 602 g/mol. The Morgan fingerprint density at radius 1 is 1.09 bits per heavy atom. The molecule has 0 radical (unpaired) electrons. The minimum Gasteiger partial charge on any atom is -0.370 e. The Morgan fingerprint density at radius 2 is 1.89 bits per heavy atom. The number of carbonyl (C=O) groups is 2. The largest absolute Gasteiger partial charge is 0.370 e. The summed E-state index contributed by atoms with van der Waals surface area (Å²) in [5.41, 5.74) is 4.92. The van der Waals surface area contributed by atoms with E-state index < -0.39 is 0 Å². The molecule has 0 aromatic heterocycles. The Balaban J connectivity index is 0.00000168. The molecule has 5 nitrogen and oxygen atoms in total. The number of fused-ring (bicyclic) bond motifs is 6. The first-order valence-corrected chi connectivity index (χ1v) is 18.2. The molecule has 1 amide bonds. The Kier molecular flexibility index (Phi) is 9.47. The normalized spacial score (nSPS) is 39.8. The number of Topliss-reactive ketones (excluding diaryl/α,β-unsaturated/α-hetero) is 1. The zero-order chi connectivity index (χ0) is 31.1. The fourth-order valence-electron chi connectivity index (χ4n) is 10.9. The number of allylic oxidation sites excluding steroid dienone is 1. The van der Waals surface area contributed by atoms with E-state index in [4.69, 9.17) is 4.74 Å². The predicted molar refractivity (Wildman–Crippen MR) is 177 cm³/mol. The van der Waals surface area contributed by atoms with Gasteiger partial charge in [0.1, 0.15) is 5.78 Å². The van der Waals surface area contributed by atoms with Crippen molar-refractivity contribution < 1.29 is 14.3 Å². The third-order valence-corrected chi connectivity index (χ3v) is 13.0. The van der Waals surface area contributed by atoms with Crippen LogP contribution in [-0.4, -0.2) is 54.0 Å². The highest BCUT2D eigenvalue weighted by Crippen LogP contribution is 2.64. The first kappa shape index (κ1) is 32.0. The van der Waals surface area contributed by atoms with Gasteiger partial charge in [-0.05, 0) is 112 Å². The Labute approximate surface area is 267 Å². The maximum Gasteiger partial charge on any atom is 0.234 e. The van der Waals surface area contributed by atoms with Gasteiger partial charge >= 0.3 is 0 Å². The van der Waals surface area contributed by atoms with Crippen molar-refractivity contribution in [2.45, 2.75) is 129 Å². The molecule has 242 valence electrons. The third kappa shape index (κ3) is 6.09. The van der Waals surface area contributed by atoms with E-state index in [2.05, 4.69) is 55.3 Å². The van der Waals surface area contributed by atoms with Crippen LogP contribution in [0.1, 0.15) is 111 Å². The van der Waals surface area contributed by atoms with Crippen LogP contribution in [0.15, 0.2) is 41.5 Å². The number of nitrogens with one attached hydrogen (secondary N) is 1. The molecule has 5 fully saturated rings. The second-order valence-electron chi connectivity index (χ2n) is 15.6. The van der Waals surface area contributed by atoms with Crippen LogP contribution in [0.4, 0.5) is 0 Å². The van der Waals surface area contributed by atoms with Gasteiger partial charge in [-0.25, -0.2) is 0 Å². The van der Waals surface area contributed by atoms with Gasteiger partial charge in [-0.3, -0.25) is 14.5 Å². The smallest absolute Gasteiger partial charge is 0.234 e. The molecule has 1 spiro atoms. The summed E-state index contributed by atoms with van der Waals surface area (Å²) in [6.45, 7) is 13.4. The third-order valence-electron chi connectivity index (χ3n) is 13.0. The molecule has 44 heavy (non-hydrogen) atoms. The SMILES string of the molecule is CC.CC1=C2CC3C(CCC4CC(=O)CCC43C)C2CCC2(C1)CC1C(CC(C)CN1CC(=O)NCCc1ccccc1)O2. The number of carbonyl (C=O) groups excluding carboxylic acids is 2. The van der Waals surface area contributed by atoms with Crippen LogP contribution in [0, 0.1) is 35.0 Å². The van der Waals surface area contributed by atoms with Crippen molar-refractivity contribution in [1.29, 1.82) is 0 Å². The molecule has 2 heterocycles. The van der Waals surface area contributed by atoms with Crippen LogP contribution in [-0.2, 0) is 20.7 Å². The van der Waals surface area contributed by atoms with Crippen molar-refractivity contribution >= 4 is 11.7 Å². The van der Waals surface area contributed by atoms with E-state index >= 15 is 0 Å². The molecule has 1 N–H and O–H groups in total. The molecule has 9 unspecified atom stereocenters. The van der Waals surface area contributed by atoms with E-state index in [9.17, 15) is 9.59 Å². The van der Waals surface area contributed by atoms with E-state index in [0.717, 1.165) is 69.7 Å². The Bertz CT molecular complexity index is 1230. The first-order valence-electron chi connectivity index (χ1n) is 18.2. The lowest BCUT2D eigenvalue weighted by molar-refractivity contribution is -0.130. The number of ether oxygens (including phenoxy) is 1. The van der Waals surface area contributed by atoms with Gasteiger partial charge in [0.05, 0.1) is 18.2 Å². The topological polar surface area (TPSA) is 58.6 Å². The van der Waals surface area contributed by atoms with Gasteiger partial charge < -0.3 is 10.1 Å². The minimum absolute atomic E-state index is 0.0727. The van der Waals surface area contributed by atoms with Crippen LogP contribution in [0.5, 0.6) is 0 Å². The van der Waals surface area contributed by atoms with E-state index in [1.807, 2.05) is 19.9 Å². The summed E-state index contributed by atoms with van der Waals surface area (Å²) in [5.74, 6) is 4.07. The van der Waals surface area contributed by atoms with E-state index in [1.54, 1.807) is 11.1 Å². The van der Waals surface area contributed by atoms with Crippen molar-refractivity contribution in [2.24, 2.45) is 35.0 Å². The number of hydrogen-bond donors (Lipinski definition) is 1. The van der Waals surface area contributed by atoms with E-state index in [1.165, 1.54) is 31.2 Å². The molecule has 7 rings (SSSR count). The van der Waals surface area contributed by atoms with Gasteiger partial charge in [-0.1, -0.05) is 69.2 Å². The first-order chi connectivity index (χ1) is 21.2. The van der Waals surface area contributed by atoms with Crippen LogP contribution in [0.3, 0.4) is 0 Å². The summed E-state index contributed by atoms with van der Waals surface area (Å²) in [4.78, 5) is 27.8. The lowest BCUT2D eigenvalue weighted by Crippen LogP contribution is -2.52. The van der Waals surface area contributed by atoms with Gasteiger partial charge in [0, 0.05) is 32.0 Å². The van der Waals surface area contributed by atoms with Gasteiger partial charge in [0.2, 0.25) is 5.91 Å². The summed E-state index contributed by atoms with van der Waals surface area (Å²) >= 11 is 0. The lowest BCUT2D eigenvalue weighted by Gasteiger charge is -2.52. The average Bonchev–Trinajstić information content (AvgIpc) is 3.53. The van der Waals surface area contributed by atoms with Gasteiger partial charge in [0.15, 0.2) is 0 Å². The van der Waals surface area contributed by atoms with Crippen LogP contribution < -0.4 is 5.32 Å². The molecule has 0 bridgehead atoms. The highest BCUT2D eigenvalue weighted by Gasteiger charge is 2.58. The summed E-state index contributed by atoms with van der Waals surface area (Å²) in [6.07, 6.45) is 13.3. The number of ketones is 1. The number of hydrogen-bond acceptors (Lipinski definition) is 4. The van der Waals surface area contributed by atoms with E-state index in [0.29, 0.717) is 48.1 Å². The predicted octanol–water partition coefficient (Wildman–Crippen LogP) is 7.53. The highest BCUT2D eigenvalue weighted by atomic mass is 16.5. The molecular weight excluding hydrogens is 544 g/mol. The molecule has 2 saturated heterocycles. The summed E-state index contributed by atoms with van der Waals surface area (Å²) in [6, 6.07) is 10.7. The van der Waals surface area contributed by atoms with Crippen molar-refractivity contribution in [2.75, 3.05) is 19.6 Å². The number of nitrogens with zero attached hydrogens (tertiary/aromatic N) is 1. The Morgan fingerprint density at radius 3 is 2.68 bits per heavy atom. The fourth-order valence-corrected chi connectivity index (χ4v) is 10.9. The van der Waals surface area contributed by atoms with Crippen molar-refractivity contribution in [3.63, 3.8) is 0 Å². The standard InChI is InChI=1S/C37H52N2O3.C2H6/c1-24-17-34-33(39(22-24)23-35(41)38-16-13-26-7-5-4-6-8-26)21-37(42-34)15-12-29-30-10-9-27-18-28(40)11-14-36(27,3)32(30)19-31(29)25(2)20-37;1-2/h4-8,24,27,29-30,32-34H,9-23H2,1-3H3,(H,38,41);1-2H3. The summed E-state index contributed by atoms with van der Waals surface area (Å²) in [5, 5.41) is 3.19. The second kappa shape index (κ2) is 13.0. The molecule has 6 aliphatic rings. The van der Waals surface area contributed by atoms with Crippen molar-refractivity contribution in [3.8, 4) is 0 Å². The minimum atomic E-state index is -0.0727. The number of likely N-dealkylation sites (tertiary alicyclic amines) is 1. The second-order valence-corrected chi connectivity index (χ2v) is 15.6. The fraction of sp³-hybridized carbons (Fsp3) is 0.744. The number of amides is 1. The number of rotatable bonds is 5. The zero-order valence-corrected chi connectivity index (χ0v) is 28.2. The molecule has 1 aromatic rings. The molecular formula is C39H58N2O3. The van der Waals surface area contributed by atoms with E-state index in [-0.39, 0.29) is 17.6 Å². The Hall–Kier alpha value is -1.98. The van der Waals surface area contributed by atoms with Crippen molar-refractivity contribution in [3.05, 3.63) is 47.0 Å². The van der Waals surface area contributed by atoms with Gasteiger partial charge in [-0.2, -0.15) is 0 Å². The number of benzene rings is 1. The van der Waals surface area contributed by atoms with Gasteiger partial charge in [-0.15, -0.1) is 0 Å². The molecule has 5 heteroatoms. The van der Waals surface area contributed by atoms with Crippen molar-refractivity contribution in [1.82, 2.24) is 10.2 Å². The summed E-state index contributed by atoms with van der Waals surface area (Å²) in [7, 11) is 0. The van der Waals surface area contributed by atoms with Crippen LogP contribution in [0.25, 0.3) is 0 Å². The molecule has 1 aromatic carbocycles. The highest BCUT2D eigenvalue weighted by molar-refractivity contribution is 5.79.